The number of nitrogens with one attached hydrogen (secondary N) is 1. The minimum Gasteiger partial charge on any atom is -0.307 e. The number of hydrogen-bond acceptors (Lipinski definition) is 1. The summed E-state index contributed by atoms with van der Waals surface area (Å²) in [5, 5.41) is 3.99. The van der Waals surface area contributed by atoms with E-state index in [9.17, 15) is 0 Å². The number of rotatable bonds is 2. The van der Waals surface area contributed by atoms with Gasteiger partial charge in [0.15, 0.2) is 0 Å². The lowest BCUT2D eigenvalue weighted by atomic mass is 9.70. The normalized spacial score (nSPS) is 33.1. The van der Waals surface area contributed by atoms with Crippen LogP contribution in [0.2, 0.25) is 0 Å². The van der Waals surface area contributed by atoms with Crippen molar-refractivity contribution in [1.82, 2.24) is 5.32 Å². The molecule has 1 N–H and O–H groups in total. The van der Waals surface area contributed by atoms with Crippen molar-refractivity contribution >= 4 is 0 Å². The fraction of sp³-hybridized carbons (Fsp3) is 0.667. The van der Waals surface area contributed by atoms with E-state index < -0.39 is 0 Å². The van der Waals surface area contributed by atoms with E-state index in [4.69, 9.17) is 0 Å². The molecule has 3 atom stereocenters. The largest absolute Gasteiger partial charge is 0.307 e. The van der Waals surface area contributed by atoms with Gasteiger partial charge in [-0.15, -0.1) is 0 Å². The first-order valence-electron chi connectivity index (χ1n) is 7.90. The molecule has 0 heterocycles. The third kappa shape index (κ3) is 2.58. The van der Waals surface area contributed by atoms with Gasteiger partial charge in [0, 0.05) is 12.1 Å². The van der Waals surface area contributed by atoms with Gasteiger partial charge in [0.25, 0.3) is 0 Å². The molecule has 3 unspecified atom stereocenters. The Morgan fingerprint density at radius 2 is 1.95 bits per heavy atom. The Kier molecular flexibility index (Phi) is 3.42. The molecule has 1 aromatic carbocycles. The van der Waals surface area contributed by atoms with Crippen LogP contribution >= 0.6 is 0 Å². The molecule has 1 aromatic rings. The van der Waals surface area contributed by atoms with Crippen molar-refractivity contribution in [3.63, 3.8) is 0 Å². The number of hydrogen-bond donors (Lipinski definition) is 1. The molecule has 3 rings (SSSR count). The highest BCUT2D eigenvalue weighted by atomic mass is 15.0. The van der Waals surface area contributed by atoms with E-state index in [2.05, 4.69) is 50.4 Å². The van der Waals surface area contributed by atoms with Crippen LogP contribution in [-0.4, -0.2) is 6.04 Å². The van der Waals surface area contributed by atoms with E-state index >= 15 is 0 Å². The summed E-state index contributed by atoms with van der Waals surface area (Å²) < 4.78 is 0. The minimum atomic E-state index is 0.375. The van der Waals surface area contributed by atoms with Crippen molar-refractivity contribution in [2.45, 2.75) is 65.0 Å². The first-order valence-corrected chi connectivity index (χ1v) is 7.90. The molecule has 104 valence electrons. The maximum atomic E-state index is 3.99. The van der Waals surface area contributed by atoms with E-state index in [-0.39, 0.29) is 0 Å². The van der Waals surface area contributed by atoms with Gasteiger partial charge in [-0.1, -0.05) is 45.0 Å². The summed E-state index contributed by atoms with van der Waals surface area (Å²) in [5.74, 6) is 0.902. The Hall–Kier alpha value is -0.820. The van der Waals surface area contributed by atoms with Crippen molar-refractivity contribution in [2.75, 3.05) is 0 Å². The predicted octanol–water partition coefficient (Wildman–Crippen LogP) is 4.48. The lowest BCUT2D eigenvalue weighted by Gasteiger charge is -2.42. The first-order chi connectivity index (χ1) is 9.06. The first kappa shape index (κ1) is 13.2. The second kappa shape index (κ2) is 4.94. The molecule has 1 nitrogen and oxygen atoms in total. The molecule has 19 heavy (non-hydrogen) atoms. The smallest absolute Gasteiger partial charge is 0.0376 e. The molecule has 0 amide bonds. The Bertz CT molecular complexity index is 449. The summed E-state index contributed by atoms with van der Waals surface area (Å²) >= 11 is 0. The van der Waals surface area contributed by atoms with Gasteiger partial charge in [0.1, 0.15) is 0 Å². The van der Waals surface area contributed by atoms with Crippen molar-refractivity contribution in [1.29, 1.82) is 0 Å². The highest BCUT2D eigenvalue weighted by Crippen LogP contribution is 2.44. The van der Waals surface area contributed by atoms with Crippen LogP contribution in [0.3, 0.4) is 0 Å². The van der Waals surface area contributed by atoms with Gasteiger partial charge in [-0.25, -0.2) is 0 Å². The number of aryl methyl sites for hydroxylation is 1. The topological polar surface area (TPSA) is 12.0 Å². The standard InChI is InChI=1S/C18H27N/c1-13-8-9-15(12-13)19-17-16-7-5-4-6-14(16)10-11-18(17,2)3/h4-7,13,15,17,19H,8-12H2,1-3H3. The van der Waals surface area contributed by atoms with E-state index in [0.717, 1.165) is 12.0 Å². The summed E-state index contributed by atoms with van der Waals surface area (Å²) in [7, 11) is 0. The average molecular weight is 257 g/mol. The quantitative estimate of drug-likeness (QED) is 0.823. The van der Waals surface area contributed by atoms with Crippen LogP contribution in [0.1, 0.15) is 63.6 Å². The monoisotopic (exact) mass is 257 g/mol. The molecule has 0 aliphatic heterocycles. The van der Waals surface area contributed by atoms with Gasteiger partial charge < -0.3 is 5.32 Å². The van der Waals surface area contributed by atoms with Crippen LogP contribution in [-0.2, 0) is 6.42 Å². The van der Waals surface area contributed by atoms with Crippen LogP contribution in [0.5, 0.6) is 0 Å². The Labute approximate surface area is 117 Å². The van der Waals surface area contributed by atoms with Gasteiger partial charge >= 0.3 is 0 Å². The summed E-state index contributed by atoms with van der Waals surface area (Å²) in [6, 6.07) is 10.3. The zero-order chi connectivity index (χ0) is 13.5. The second-order valence-corrected chi connectivity index (χ2v) is 7.40. The summed E-state index contributed by atoms with van der Waals surface area (Å²) in [6.45, 7) is 7.25. The number of fused-ring (bicyclic) bond motifs is 1. The Morgan fingerprint density at radius 1 is 1.16 bits per heavy atom. The molecule has 1 heteroatoms. The minimum absolute atomic E-state index is 0.375. The van der Waals surface area contributed by atoms with Crippen LogP contribution in [0.15, 0.2) is 24.3 Å². The van der Waals surface area contributed by atoms with Gasteiger partial charge in [-0.05, 0) is 54.6 Å². The molecule has 0 spiro atoms. The third-order valence-electron chi connectivity index (χ3n) is 5.28. The van der Waals surface area contributed by atoms with E-state index in [0.29, 0.717) is 11.5 Å². The zero-order valence-corrected chi connectivity index (χ0v) is 12.6. The Balaban J connectivity index is 1.84. The Morgan fingerprint density at radius 3 is 2.68 bits per heavy atom. The zero-order valence-electron chi connectivity index (χ0n) is 12.6. The van der Waals surface area contributed by atoms with Crippen molar-refractivity contribution in [3.05, 3.63) is 35.4 Å². The lowest BCUT2D eigenvalue weighted by molar-refractivity contribution is 0.192. The summed E-state index contributed by atoms with van der Waals surface area (Å²) in [4.78, 5) is 0. The SMILES string of the molecule is CC1CCC(NC2c3ccccc3CCC2(C)C)C1. The van der Waals surface area contributed by atoms with E-state index in [1.54, 1.807) is 11.1 Å². The highest BCUT2D eigenvalue weighted by Gasteiger charge is 2.37. The van der Waals surface area contributed by atoms with Crippen molar-refractivity contribution in [3.8, 4) is 0 Å². The van der Waals surface area contributed by atoms with Crippen LogP contribution < -0.4 is 5.32 Å². The highest BCUT2D eigenvalue weighted by molar-refractivity contribution is 5.34. The molecule has 0 bridgehead atoms. The molecule has 1 fully saturated rings. The fourth-order valence-corrected chi connectivity index (χ4v) is 3.98. The molecular weight excluding hydrogens is 230 g/mol. The maximum Gasteiger partial charge on any atom is 0.0376 e. The fourth-order valence-electron chi connectivity index (χ4n) is 3.98. The molecule has 2 aliphatic carbocycles. The third-order valence-corrected chi connectivity index (χ3v) is 5.28. The molecule has 0 saturated heterocycles. The van der Waals surface area contributed by atoms with Crippen LogP contribution in [0, 0.1) is 11.3 Å². The van der Waals surface area contributed by atoms with Crippen LogP contribution in [0.25, 0.3) is 0 Å². The molecule has 0 radical (unpaired) electrons. The van der Waals surface area contributed by atoms with Crippen LogP contribution in [0.4, 0.5) is 0 Å². The lowest BCUT2D eigenvalue weighted by Crippen LogP contribution is -2.42. The molecule has 2 aliphatic rings. The predicted molar refractivity (Wildman–Crippen MR) is 81.2 cm³/mol. The van der Waals surface area contributed by atoms with Crippen molar-refractivity contribution in [2.24, 2.45) is 11.3 Å². The summed E-state index contributed by atoms with van der Waals surface area (Å²) in [6.07, 6.45) is 6.64. The second-order valence-electron chi connectivity index (χ2n) is 7.40. The van der Waals surface area contributed by atoms with Gasteiger partial charge in [0.2, 0.25) is 0 Å². The summed E-state index contributed by atoms with van der Waals surface area (Å²) in [5.41, 5.74) is 3.49. The van der Waals surface area contributed by atoms with Gasteiger partial charge in [-0.2, -0.15) is 0 Å². The van der Waals surface area contributed by atoms with E-state index in [1.165, 1.54) is 32.1 Å². The maximum absolute atomic E-state index is 3.99. The van der Waals surface area contributed by atoms with E-state index in [1.807, 2.05) is 0 Å². The molecule has 1 saturated carbocycles. The van der Waals surface area contributed by atoms with Gasteiger partial charge in [0.05, 0.1) is 0 Å². The molecular formula is C18H27N. The molecule has 0 aromatic heterocycles. The number of benzene rings is 1. The van der Waals surface area contributed by atoms with Crippen molar-refractivity contribution < 1.29 is 0 Å². The van der Waals surface area contributed by atoms with Gasteiger partial charge in [-0.3, -0.25) is 0 Å². The average Bonchev–Trinajstić information content (AvgIpc) is 2.79.